The Morgan fingerprint density at radius 2 is 1.96 bits per heavy atom. The molecule has 8 nitrogen and oxygen atoms in total. The number of halogens is 3. The van der Waals surface area contributed by atoms with E-state index in [1.54, 1.807) is 24.5 Å². The summed E-state index contributed by atoms with van der Waals surface area (Å²) in [6, 6.07) is 3.59. The second kappa shape index (κ2) is 8.00. The summed E-state index contributed by atoms with van der Waals surface area (Å²) < 4.78 is 39.3. The molecular formula is C14H12F3N7OS2. The van der Waals surface area contributed by atoms with Crippen molar-refractivity contribution in [2.24, 2.45) is 0 Å². The number of nitrogens with zero attached hydrogens (tertiary/aromatic N) is 6. The molecule has 27 heavy (non-hydrogen) atoms. The minimum atomic E-state index is -4.59. The molecule has 3 heterocycles. The molecule has 3 rings (SSSR count). The van der Waals surface area contributed by atoms with Gasteiger partial charge in [-0.1, -0.05) is 23.1 Å². The van der Waals surface area contributed by atoms with E-state index in [-0.39, 0.29) is 22.2 Å². The lowest BCUT2D eigenvalue weighted by Gasteiger charge is -2.07. The molecule has 0 aromatic carbocycles. The molecule has 0 fully saturated rings. The number of thioether (sulfide) groups is 1. The van der Waals surface area contributed by atoms with Crippen molar-refractivity contribution in [3.8, 4) is 11.4 Å². The first kappa shape index (κ1) is 19.2. The minimum Gasteiger partial charge on any atom is -0.302 e. The number of rotatable bonds is 6. The van der Waals surface area contributed by atoms with Crippen molar-refractivity contribution in [1.29, 1.82) is 0 Å². The van der Waals surface area contributed by atoms with Crippen LogP contribution in [0.2, 0.25) is 0 Å². The zero-order valence-corrected chi connectivity index (χ0v) is 15.4. The summed E-state index contributed by atoms with van der Waals surface area (Å²) in [6.45, 7) is 2.50. The van der Waals surface area contributed by atoms with E-state index in [0.717, 1.165) is 17.3 Å². The van der Waals surface area contributed by atoms with Crippen molar-refractivity contribution in [3.05, 3.63) is 29.5 Å². The zero-order valence-electron chi connectivity index (χ0n) is 13.8. The smallest absolute Gasteiger partial charge is 0.302 e. The molecule has 0 aliphatic heterocycles. The van der Waals surface area contributed by atoms with E-state index in [4.69, 9.17) is 0 Å². The number of hydrogen-bond donors (Lipinski definition) is 1. The molecule has 0 atom stereocenters. The van der Waals surface area contributed by atoms with Crippen LogP contribution in [0, 0.1) is 0 Å². The first-order valence-corrected chi connectivity index (χ1v) is 9.35. The van der Waals surface area contributed by atoms with Crippen LogP contribution in [0.4, 0.5) is 18.3 Å². The van der Waals surface area contributed by atoms with Gasteiger partial charge in [-0.2, -0.15) is 13.2 Å². The van der Waals surface area contributed by atoms with Crippen LogP contribution in [-0.2, 0) is 17.5 Å². The molecular weight excluding hydrogens is 403 g/mol. The van der Waals surface area contributed by atoms with E-state index in [9.17, 15) is 18.0 Å². The van der Waals surface area contributed by atoms with Crippen molar-refractivity contribution in [1.82, 2.24) is 29.9 Å². The largest absolute Gasteiger partial charge is 0.445 e. The number of alkyl halides is 3. The highest BCUT2D eigenvalue weighted by atomic mass is 32.2. The molecule has 0 saturated carbocycles. The van der Waals surface area contributed by atoms with Gasteiger partial charge in [-0.25, -0.2) is 0 Å². The maximum absolute atomic E-state index is 12.5. The topological polar surface area (TPSA) is 98.5 Å². The molecule has 0 spiro atoms. The highest BCUT2D eigenvalue weighted by Crippen LogP contribution is 2.33. The summed E-state index contributed by atoms with van der Waals surface area (Å²) in [4.78, 5) is 15.9. The molecule has 13 heteroatoms. The number of carbonyl (C=O) groups is 1. The van der Waals surface area contributed by atoms with Gasteiger partial charge in [-0.15, -0.1) is 20.4 Å². The number of pyridine rings is 1. The maximum Gasteiger partial charge on any atom is 0.445 e. The quantitative estimate of drug-likeness (QED) is 0.618. The molecule has 0 radical (unpaired) electrons. The fourth-order valence-corrected chi connectivity index (χ4v) is 3.50. The SMILES string of the molecule is CCn1c(SCC(=O)Nc2nnc(C(F)(F)F)s2)nnc1-c1ccncc1. The van der Waals surface area contributed by atoms with Crippen LogP contribution in [-0.4, -0.2) is 41.6 Å². The summed E-state index contributed by atoms with van der Waals surface area (Å²) in [7, 11) is 0. The Morgan fingerprint density at radius 3 is 2.59 bits per heavy atom. The average molecular weight is 415 g/mol. The average Bonchev–Trinajstić information content (AvgIpc) is 3.27. The van der Waals surface area contributed by atoms with Crippen molar-refractivity contribution in [3.63, 3.8) is 0 Å². The van der Waals surface area contributed by atoms with E-state index in [1.807, 2.05) is 11.5 Å². The van der Waals surface area contributed by atoms with Gasteiger partial charge in [0.15, 0.2) is 11.0 Å². The number of carbonyl (C=O) groups excluding carboxylic acids is 1. The lowest BCUT2D eigenvalue weighted by atomic mass is 10.2. The standard InChI is InChI=1S/C14H12F3N7OS2/c1-2-24-10(8-3-5-18-6-4-8)20-23-13(24)26-7-9(25)19-12-22-21-11(27-12)14(15,16)17/h3-6H,2,7H2,1H3,(H,19,22,25). The number of hydrogen-bond acceptors (Lipinski definition) is 8. The van der Waals surface area contributed by atoms with Gasteiger partial charge in [0.05, 0.1) is 5.75 Å². The van der Waals surface area contributed by atoms with Gasteiger partial charge in [0.25, 0.3) is 0 Å². The summed E-state index contributed by atoms with van der Waals surface area (Å²) in [5.41, 5.74) is 0.837. The molecule has 1 amide bonds. The number of aromatic nitrogens is 6. The van der Waals surface area contributed by atoms with Crippen molar-refractivity contribution >= 4 is 34.1 Å². The van der Waals surface area contributed by atoms with E-state index < -0.39 is 17.1 Å². The van der Waals surface area contributed by atoms with Gasteiger partial charge >= 0.3 is 6.18 Å². The third-order valence-electron chi connectivity index (χ3n) is 3.22. The monoisotopic (exact) mass is 415 g/mol. The molecule has 0 bridgehead atoms. The normalized spacial score (nSPS) is 11.6. The Morgan fingerprint density at radius 1 is 1.22 bits per heavy atom. The van der Waals surface area contributed by atoms with E-state index in [1.165, 1.54) is 0 Å². The van der Waals surface area contributed by atoms with Crippen molar-refractivity contribution < 1.29 is 18.0 Å². The molecule has 3 aromatic heterocycles. The molecule has 0 aliphatic rings. The van der Waals surface area contributed by atoms with Gasteiger partial charge in [0.1, 0.15) is 0 Å². The Hall–Kier alpha value is -2.54. The van der Waals surface area contributed by atoms with Crippen LogP contribution in [0.5, 0.6) is 0 Å². The first-order chi connectivity index (χ1) is 12.9. The van der Waals surface area contributed by atoms with E-state index in [2.05, 4.69) is 30.7 Å². The first-order valence-electron chi connectivity index (χ1n) is 7.55. The molecule has 0 saturated heterocycles. The van der Waals surface area contributed by atoms with Crippen molar-refractivity contribution in [2.45, 2.75) is 24.8 Å². The Balaban J connectivity index is 1.64. The number of anilines is 1. The Bertz CT molecular complexity index is 926. The van der Waals surface area contributed by atoms with Gasteiger partial charge < -0.3 is 4.57 Å². The summed E-state index contributed by atoms with van der Waals surface area (Å²) in [5.74, 6) is 0.0674. The van der Waals surface area contributed by atoms with E-state index >= 15 is 0 Å². The highest BCUT2D eigenvalue weighted by molar-refractivity contribution is 7.99. The van der Waals surface area contributed by atoms with Crippen LogP contribution in [0.1, 0.15) is 11.9 Å². The fourth-order valence-electron chi connectivity index (χ4n) is 2.07. The van der Waals surface area contributed by atoms with Crippen LogP contribution in [0.15, 0.2) is 29.7 Å². The summed E-state index contributed by atoms with van der Waals surface area (Å²) in [6.07, 6.45) is -1.31. The zero-order chi connectivity index (χ0) is 19.4. The predicted molar refractivity (Wildman–Crippen MR) is 93.2 cm³/mol. The van der Waals surface area contributed by atoms with E-state index in [0.29, 0.717) is 17.5 Å². The third kappa shape index (κ3) is 4.60. The van der Waals surface area contributed by atoms with Gasteiger partial charge in [-0.3, -0.25) is 15.1 Å². The van der Waals surface area contributed by atoms with Gasteiger partial charge in [0, 0.05) is 24.5 Å². The Labute approximate surface area is 159 Å². The molecule has 0 unspecified atom stereocenters. The predicted octanol–water partition coefficient (Wildman–Crippen LogP) is 2.96. The lowest BCUT2D eigenvalue weighted by molar-refractivity contribution is -0.138. The van der Waals surface area contributed by atoms with Crippen LogP contribution < -0.4 is 5.32 Å². The fraction of sp³-hybridized carbons (Fsp3) is 0.286. The summed E-state index contributed by atoms with van der Waals surface area (Å²) in [5, 5.41) is 16.1. The molecule has 142 valence electrons. The molecule has 3 aromatic rings. The second-order valence-corrected chi connectivity index (χ2v) is 6.95. The second-order valence-electron chi connectivity index (χ2n) is 5.03. The molecule has 0 aliphatic carbocycles. The highest BCUT2D eigenvalue weighted by Gasteiger charge is 2.35. The number of nitrogens with one attached hydrogen (secondary N) is 1. The van der Waals surface area contributed by atoms with Gasteiger partial charge in [-0.05, 0) is 19.1 Å². The van der Waals surface area contributed by atoms with Crippen LogP contribution >= 0.6 is 23.1 Å². The number of amides is 1. The third-order valence-corrected chi connectivity index (χ3v) is 5.07. The minimum absolute atomic E-state index is 0.0601. The molecule has 1 N–H and O–H groups in total. The summed E-state index contributed by atoms with van der Waals surface area (Å²) >= 11 is 1.39. The Kier molecular flexibility index (Phi) is 5.70. The maximum atomic E-state index is 12.5. The van der Waals surface area contributed by atoms with Gasteiger partial charge in [0.2, 0.25) is 16.0 Å². The lowest BCUT2D eigenvalue weighted by Crippen LogP contribution is -2.14. The van der Waals surface area contributed by atoms with Crippen LogP contribution in [0.25, 0.3) is 11.4 Å². The van der Waals surface area contributed by atoms with Crippen molar-refractivity contribution in [2.75, 3.05) is 11.1 Å². The van der Waals surface area contributed by atoms with Crippen LogP contribution in [0.3, 0.4) is 0 Å².